The van der Waals surface area contributed by atoms with Crippen LogP contribution in [0.1, 0.15) is 62.5 Å². The number of hydrogen-bond donors (Lipinski definition) is 0. The minimum absolute atomic E-state index is 0. The third-order valence-corrected chi connectivity index (χ3v) is 4.89. The normalized spacial score (nSPS) is 9.40. The van der Waals surface area contributed by atoms with Crippen LogP contribution < -0.4 is 0 Å². The van der Waals surface area contributed by atoms with Crippen LogP contribution in [0.2, 0.25) is 0 Å². The molecule has 0 radical (unpaired) electrons. The van der Waals surface area contributed by atoms with Gasteiger partial charge in [0.2, 0.25) is 0 Å². The summed E-state index contributed by atoms with van der Waals surface area (Å²) in [5.74, 6) is 0.608. The molecule has 30 heavy (non-hydrogen) atoms. The summed E-state index contributed by atoms with van der Waals surface area (Å²) in [5.41, 5.74) is 2.97. The first-order valence-corrected chi connectivity index (χ1v) is 10.7. The van der Waals surface area contributed by atoms with Crippen LogP contribution in [0, 0.1) is 0 Å². The molecule has 170 valence electrons. The van der Waals surface area contributed by atoms with Crippen molar-refractivity contribution >= 4 is 0 Å². The average molecular weight is 482 g/mol. The number of rotatable bonds is 8. The molecule has 0 bridgehead atoms. The zero-order valence-corrected chi connectivity index (χ0v) is 20.1. The second-order valence-electron chi connectivity index (χ2n) is 7.12. The van der Waals surface area contributed by atoms with Crippen molar-refractivity contribution in [2.24, 2.45) is 0 Å². The molecule has 2 heteroatoms. The van der Waals surface area contributed by atoms with Crippen LogP contribution in [0.3, 0.4) is 0 Å². The summed E-state index contributed by atoms with van der Waals surface area (Å²) in [7, 11) is 0. The molecule has 4 aromatic rings. The molecule has 4 rings (SSSR count). The summed E-state index contributed by atoms with van der Waals surface area (Å²) in [4.78, 5) is 0. The smallest absolute Gasteiger partial charge is 0 e. The van der Waals surface area contributed by atoms with Crippen molar-refractivity contribution in [2.75, 3.05) is 0 Å². The average Bonchev–Trinajstić information content (AvgIpc) is 3.56. The molecule has 0 N–H and O–H groups in total. The van der Waals surface area contributed by atoms with Crippen molar-refractivity contribution in [3.63, 3.8) is 0 Å². The zero-order chi connectivity index (χ0) is 19.7. The van der Waals surface area contributed by atoms with E-state index in [2.05, 4.69) is 55.5 Å². The Labute approximate surface area is 205 Å². The maximum Gasteiger partial charge on any atom is 0 e. The van der Waals surface area contributed by atoms with Gasteiger partial charge in [-0.2, -0.15) is 53.6 Å². The van der Waals surface area contributed by atoms with Gasteiger partial charge in [-0.1, -0.05) is 51.4 Å². The minimum Gasteiger partial charge on any atom is -0.748 e. The molecular weight excluding hydrogens is 448 g/mol. The molecule has 0 spiro atoms. The summed E-state index contributed by atoms with van der Waals surface area (Å²) in [6.07, 6.45) is 8.13. The van der Waals surface area contributed by atoms with Gasteiger partial charge in [0.1, 0.15) is 0 Å². The fraction of sp³-hybridized carbons (Fsp3) is 0.286. The Balaban J connectivity index is 0.000000575. The molecule has 0 heterocycles. The Morgan fingerprint density at radius 2 is 1.03 bits per heavy atom. The Morgan fingerprint density at radius 1 is 0.600 bits per heavy atom. The van der Waals surface area contributed by atoms with Crippen LogP contribution in [0.25, 0.3) is 0 Å². The van der Waals surface area contributed by atoms with E-state index in [1.165, 1.54) is 49.7 Å². The third kappa shape index (κ3) is 12.2. The Hall–Kier alpha value is -1.56. The fourth-order valence-electron chi connectivity index (χ4n) is 3.36. The van der Waals surface area contributed by atoms with Crippen molar-refractivity contribution in [2.45, 2.75) is 51.4 Å². The van der Waals surface area contributed by atoms with E-state index in [0.717, 1.165) is 0 Å². The maximum absolute atomic E-state index is 2.27. The first-order chi connectivity index (χ1) is 13.9. The molecule has 0 aromatic heterocycles. The van der Waals surface area contributed by atoms with Gasteiger partial charge < -0.3 is 30.3 Å². The van der Waals surface area contributed by atoms with Gasteiger partial charge in [-0.25, -0.2) is 36.4 Å². The Morgan fingerprint density at radius 3 is 1.40 bits per heavy atom. The van der Waals surface area contributed by atoms with E-state index in [1.807, 2.05) is 60.7 Å². The van der Waals surface area contributed by atoms with Gasteiger partial charge in [0.25, 0.3) is 0 Å². The van der Waals surface area contributed by atoms with E-state index in [1.54, 1.807) is 0 Å². The second-order valence-corrected chi connectivity index (χ2v) is 7.12. The predicted octanol–water partition coefficient (Wildman–Crippen LogP) is 8.42. The van der Waals surface area contributed by atoms with Gasteiger partial charge in [-0.15, -0.1) is 0 Å². The third-order valence-electron chi connectivity index (χ3n) is 4.89. The fourth-order valence-corrected chi connectivity index (χ4v) is 3.36. The first-order valence-electron chi connectivity index (χ1n) is 10.7. The quantitative estimate of drug-likeness (QED) is 0.134. The molecule has 0 fully saturated rings. The minimum atomic E-state index is 0. The van der Waals surface area contributed by atoms with E-state index in [-0.39, 0.29) is 34.1 Å². The van der Waals surface area contributed by atoms with Gasteiger partial charge >= 0.3 is 0 Å². The van der Waals surface area contributed by atoms with Gasteiger partial charge in [0.05, 0.1) is 0 Å². The SMILES string of the molecule is CCCCCCCC([c-]1cccc1)[c-]1cccc1.[Fe].[Fe].[cH-]1[cH-][cH-][cH-][cH-]1.c1cc[cH-]c1. The van der Waals surface area contributed by atoms with E-state index < -0.39 is 0 Å². The summed E-state index contributed by atoms with van der Waals surface area (Å²) < 4.78 is 0. The topological polar surface area (TPSA) is 0 Å². The molecule has 0 saturated carbocycles. The monoisotopic (exact) mass is 482 g/mol. The molecule has 0 aliphatic rings. The zero-order valence-electron chi connectivity index (χ0n) is 17.9. The second kappa shape index (κ2) is 19.4. The van der Waals surface area contributed by atoms with Gasteiger partial charge in [-0.05, 0) is 0 Å². The van der Waals surface area contributed by atoms with E-state index >= 15 is 0 Å². The Bertz CT molecular complexity index is 637. The molecule has 0 aliphatic heterocycles. The molecule has 0 amide bonds. The number of unbranched alkanes of at least 4 members (excludes halogenated alkanes) is 4. The number of hydrogen-bond acceptors (Lipinski definition) is 0. The van der Waals surface area contributed by atoms with Crippen molar-refractivity contribution in [3.8, 4) is 0 Å². The van der Waals surface area contributed by atoms with Crippen LogP contribution in [-0.2, 0) is 34.1 Å². The molecule has 0 atom stereocenters. The molecule has 0 aliphatic carbocycles. The van der Waals surface area contributed by atoms with E-state index in [4.69, 9.17) is 0 Å². The van der Waals surface area contributed by atoms with Crippen molar-refractivity contribution in [1.29, 1.82) is 0 Å². The maximum atomic E-state index is 2.27. The molecule has 0 saturated heterocycles. The summed E-state index contributed by atoms with van der Waals surface area (Å²) >= 11 is 0. The van der Waals surface area contributed by atoms with Crippen LogP contribution >= 0.6 is 0 Å². The first kappa shape index (κ1) is 28.4. The van der Waals surface area contributed by atoms with Gasteiger partial charge in [0.15, 0.2) is 0 Å². The largest absolute Gasteiger partial charge is 0.748 e. The van der Waals surface area contributed by atoms with Gasteiger partial charge in [0, 0.05) is 34.1 Å². The van der Waals surface area contributed by atoms with Gasteiger partial charge in [-0.3, -0.25) is 0 Å². The summed E-state index contributed by atoms with van der Waals surface area (Å²) in [6, 6.07) is 37.7. The van der Waals surface area contributed by atoms with E-state index in [0.29, 0.717) is 5.92 Å². The van der Waals surface area contributed by atoms with Crippen LogP contribution in [0.15, 0.2) is 109 Å². The standard InChI is InChI=1S/C18H24.2C5H5.2Fe/c1-2-3-4-5-6-15-18(16-11-7-8-12-16)17-13-9-10-14-17;2*1-2-4-5-3-1;;/h7-14,18H,2-6,15H2,1H3;2*1-5H;;/q-2;-5;-1;;. The predicted molar refractivity (Wildman–Crippen MR) is 123 cm³/mol. The molecule has 4 aromatic carbocycles. The van der Waals surface area contributed by atoms with Crippen molar-refractivity contribution in [3.05, 3.63) is 120 Å². The van der Waals surface area contributed by atoms with Crippen LogP contribution in [0.4, 0.5) is 0 Å². The van der Waals surface area contributed by atoms with E-state index in [9.17, 15) is 0 Å². The summed E-state index contributed by atoms with van der Waals surface area (Å²) in [5, 5.41) is 0. The Kier molecular flexibility index (Phi) is 18.4. The summed E-state index contributed by atoms with van der Waals surface area (Å²) in [6.45, 7) is 2.27. The molecule has 0 unspecified atom stereocenters. The van der Waals surface area contributed by atoms with Crippen molar-refractivity contribution < 1.29 is 34.1 Å². The van der Waals surface area contributed by atoms with Crippen molar-refractivity contribution in [1.82, 2.24) is 0 Å². The molecular formula is C28H34Fe2-8. The molecule has 0 nitrogen and oxygen atoms in total. The van der Waals surface area contributed by atoms with Crippen LogP contribution in [0.5, 0.6) is 0 Å². The van der Waals surface area contributed by atoms with Crippen LogP contribution in [-0.4, -0.2) is 0 Å².